The second-order valence-corrected chi connectivity index (χ2v) is 8.78. The van der Waals surface area contributed by atoms with Crippen molar-refractivity contribution in [1.29, 1.82) is 0 Å². The number of hydrogen-bond donors (Lipinski definition) is 1. The van der Waals surface area contributed by atoms with Gasteiger partial charge < -0.3 is 5.32 Å². The number of carbonyl (C=O) groups is 1. The van der Waals surface area contributed by atoms with Gasteiger partial charge in [0, 0.05) is 37.3 Å². The molecule has 6 heteroatoms. The Bertz CT molecular complexity index is 815. The van der Waals surface area contributed by atoms with Crippen molar-refractivity contribution in [2.24, 2.45) is 11.8 Å². The molecule has 1 fully saturated rings. The maximum atomic E-state index is 12.1. The quantitative estimate of drug-likeness (QED) is 0.829. The minimum atomic E-state index is -0.140. The minimum Gasteiger partial charge on any atom is -0.350 e. The van der Waals surface area contributed by atoms with Crippen LogP contribution in [0.1, 0.15) is 37.1 Å². The molecule has 1 aromatic carbocycles. The molecule has 2 heterocycles. The summed E-state index contributed by atoms with van der Waals surface area (Å²) in [6.07, 6.45) is 1.33. The van der Waals surface area contributed by atoms with E-state index < -0.39 is 0 Å². The van der Waals surface area contributed by atoms with Gasteiger partial charge in [0.1, 0.15) is 6.54 Å². The number of amides is 1. The van der Waals surface area contributed by atoms with E-state index in [1.165, 1.54) is 29.6 Å². The number of carbonyl (C=O) groups excluding carboxylic acids is 1. The van der Waals surface area contributed by atoms with Crippen molar-refractivity contribution < 1.29 is 4.79 Å². The second-order valence-electron chi connectivity index (χ2n) is 7.96. The molecule has 1 amide bonds. The van der Waals surface area contributed by atoms with Gasteiger partial charge in [-0.3, -0.25) is 19.1 Å². The molecule has 146 valence electrons. The lowest BCUT2D eigenvalue weighted by Crippen LogP contribution is -2.38. The first-order valence-corrected chi connectivity index (χ1v) is 10.5. The van der Waals surface area contributed by atoms with Crippen LogP contribution in [0.2, 0.25) is 0 Å². The van der Waals surface area contributed by atoms with Crippen molar-refractivity contribution in [3.8, 4) is 0 Å². The average molecular weight is 388 g/mol. The van der Waals surface area contributed by atoms with Crippen molar-refractivity contribution >= 4 is 17.2 Å². The number of benzene rings is 1. The van der Waals surface area contributed by atoms with E-state index in [1.807, 2.05) is 6.92 Å². The highest BCUT2D eigenvalue weighted by molar-refractivity contribution is 7.07. The highest BCUT2D eigenvalue weighted by Gasteiger charge is 2.21. The van der Waals surface area contributed by atoms with Crippen LogP contribution < -0.4 is 10.2 Å². The zero-order valence-electron chi connectivity index (χ0n) is 16.4. The van der Waals surface area contributed by atoms with Gasteiger partial charge in [0.25, 0.3) is 0 Å². The number of nitrogens with one attached hydrogen (secondary N) is 1. The molecular weight excluding hydrogens is 358 g/mol. The number of likely N-dealkylation sites (tertiary alicyclic amines) is 1. The Kier molecular flexibility index (Phi) is 6.50. The number of rotatable bonds is 6. The van der Waals surface area contributed by atoms with E-state index >= 15 is 0 Å². The lowest BCUT2D eigenvalue weighted by atomic mass is 9.91. The highest BCUT2D eigenvalue weighted by atomic mass is 32.1. The normalized spacial score (nSPS) is 20.6. The van der Waals surface area contributed by atoms with E-state index in [0.717, 1.165) is 41.0 Å². The Morgan fingerprint density at radius 1 is 1.15 bits per heavy atom. The number of thiazole rings is 1. The van der Waals surface area contributed by atoms with E-state index in [4.69, 9.17) is 0 Å². The SMILES string of the molecule is Cc1csc(=O)n1CC(=O)NCc1ccc(CN2C[C@@H](C)C[C@H](C)C2)cc1. The molecule has 1 saturated heterocycles. The van der Waals surface area contributed by atoms with Crippen LogP contribution in [0.5, 0.6) is 0 Å². The van der Waals surface area contributed by atoms with Crippen molar-refractivity contribution in [3.05, 3.63) is 56.1 Å². The van der Waals surface area contributed by atoms with Gasteiger partial charge >= 0.3 is 4.87 Å². The zero-order chi connectivity index (χ0) is 19.4. The van der Waals surface area contributed by atoms with Crippen LogP contribution in [0.15, 0.2) is 34.4 Å². The molecule has 5 nitrogen and oxygen atoms in total. The second kappa shape index (κ2) is 8.85. The van der Waals surface area contributed by atoms with E-state index in [0.29, 0.717) is 6.54 Å². The number of piperidine rings is 1. The van der Waals surface area contributed by atoms with Crippen LogP contribution in [-0.2, 0) is 24.4 Å². The molecule has 1 N–H and O–H groups in total. The molecule has 27 heavy (non-hydrogen) atoms. The summed E-state index contributed by atoms with van der Waals surface area (Å²) in [6, 6.07) is 8.46. The summed E-state index contributed by atoms with van der Waals surface area (Å²) in [4.78, 5) is 26.2. The molecule has 2 aromatic rings. The van der Waals surface area contributed by atoms with E-state index in [9.17, 15) is 9.59 Å². The Morgan fingerprint density at radius 3 is 2.37 bits per heavy atom. The molecule has 1 aliphatic rings. The first-order valence-electron chi connectivity index (χ1n) is 9.62. The Hall–Kier alpha value is -1.92. The molecule has 2 atom stereocenters. The molecular formula is C21H29N3O2S. The molecule has 0 spiro atoms. The number of nitrogens with zero attached hydrogens (tertiary/aromatic N) is 2. The average Bonchev–Trinajstić information content (AvgIpc) is 2.92. The summed E-state index contributed by atoms with van der Waals surface area (Å²) < 4.78 is 1.50. The third kappa shape index (κ3) is 5.53. The van der Waals surface area contributed by atoms with Crippen molar-refractivity contribution in [3.63, 3.8) is 0 Å². The first-order chi connectivity index (χ1) is 12.9. The molecule has 3 rings (SSSR count). The van der Waals surface area contributed by atoms with E-state index in [-0.39, 0.29) is 17.3 Å². The van der Waals surface area contributed by atoms with Crippen LogP contribution in [0.4, 0.5) is 0 Å². The fraction of sp³-hybridized carbons (Fsp3) is 0.524. The molecule has 0 bridgehead atoms. The van der Waals surface area contributed by atoms with Crippen LogP contribution >= 0.6 is 11.3 Å². The van der Waals surface area contributed by atoms with Crippen molar-refractivity contribution in [2.45, 2.75) is 46.8 Å². The number of aryl methyl sites for hydroxylation is 1. The highest BCUT2D eigenvalue weighted by Crippen LogP contribution is 2.22. The zero-order valence-corrected chi connectivity index (χ0v) is 17.2. The Balaban J connectivity index is 1.49. The smallest absolute Gasteiger partial charge is 0.307 e. The van der Waals surface area contributed by atoms with Crippen LogP contribution in [-0.4, -0.2) is 28.5 Å². The molecule has 0 saturated carbocycles. The number of hydrogen-bond acceptors (Lipinski definition) is 4. The summed E-state index contributed by atoms with van der Waals surface area (Å²) in [5, 5.41) is 4.68. The predicted octanol–water partition coefficient (Wildman–Crippen LogP) is 3.01. The first kappa shape index (κ1) is 19.8. The predicted molar refractivity (Wildman–Crippen MR) is 110 cm³/mol. The molecule has 1 aliphatic heterocycles. The van der Waals surface area contributed by atoms with Gasteiger partial charge in [-0.15, -0.1) is 0 Å². The van der Waals surface area contributed by atoms with Gasteiger partial charge in [0.05, 0.1) is 0 Å². The van der Waals surface area contributed by atoms with Crippen LogP contribution in [0.25, 0.3) is 0 Å². The van der Waals surface area contributed by atoms with Gasteiger partial charge in [-0.1, -0.05) is 49.4 Å². The summed E-state index contributed by atoms with van der Waals surface area (Å²) >= 11 is 1.13. The van der Waals surface area contributed by atoms with Gasteiger partial charge in [-0.05, 0) is 36.3 Å². The van der Waals surface area contributed by atoms with Crippen molar-refractivity contribution in [2.75, 3.05) is 13.1 Å². The molecule has 1 aromatic heterocycles. The minimum absolute atomic E-state index is 0.0809. The Morgan fingerprint density at radius 2 is 1.78 bits per heavy atom. The van der Waals surface area contributed by atoms with Crippen LogP contribution in [0, 0.1) is 18.8 Å². The number of aromatic nitrogens is 1. The monoisotopic (exact) mass is 387 g/mol. The standard InChI is InChI=1S/C21H29N3O2S/c1-15-8-16(2)11-23(10-15)12-19-6-4-18(5-7-19)9-22-20(25)13-24-17(3)14-27-21(24)26/h4-7,14-16H,8-13H2,1-3H3,(H,22,25)/t15-,16-/m0/s1. The van der Waals surface area contributed by atoms with Gasteiger partial charge in [0.15, 0.2) is 0 Å². The molecule has 0 unspecified atom stereocenters. The maximum absolute atomic E-state index is 12.1. The maximum Gasteiger partial charge on any atom is 0.307 e. The summed E-state index contributed by atoms with van der Waals surface area (Å²) in [6.45, 7) is 10.4. The lowest BCUT2D eigenvalue weighted by molar-refractivity contribution is -0.121. The fourth-order valence-corrected chi connectivity index (χ4v) is 4.67. The lowest BCUT2D eigenvalue weighted by Gasteiger charge is -2.35. The van der Waals surface area contributed by atoms with Gasteiger partial charge in [0.2, 0.25) is 5.91 Å². The molecule has 0 aliphatic carbocycles. The van der Waals surface area contributed by atoms with Gasteiger partial charge in [-0.25, -0.2) is 0 Å². The van der Waals surface area contributed by atoms with E-state index in [2.05, 4.69) is 48.3 Å². The van der Waals surface area contributed by atoms with E-state index in [1.54, 1.807) is 5.38 Å². The third-order valence-corrected chi connectivity index (χ3v) is 6.02. The summed E-state index contributed by atoms with van der Waals surface area (Å²) in [5.74, 6) is 1.39. The van der Waals surface area contributed by atoms with Crippen LogP contribution in [0.3, 0.4) is 0 Å². The summed E-state index contributed by atoms with van der Waals surface area (Å²) in [5.41, 5.74) is 3.21. The fourth-order valence-electron chi connectivity index (χ4n) is 3.94. The Labute approximate surface area is 165 Å². The molecule has 0 radical (unpaired) electrons. The topological polar surface area (TPSA) is 54.3 Å². The van der Waals surface area contributed by atoms with Crippen molar-refractivity contribution in [1.82, 2.24) is 14.8 Å². The third-order valence-electron chi connectivity index (χ3n) is 5.14. The van der Waals surface area contributed by atoms with Gasteiger partial charge in [-0.2, -0.15) is 0 Å². The largest absolute Gasteiger partial charge is 0.350 e. The summed E-state index contributed by atoms with van der Waals surface area (Å²) in [7, 11) is 0.